The van der Waals surface area contributed by atoms with Crippen LogP contribution in [0.4, 0.5) is 4.39 Å². The molecule has 1 saturated carbocycles. The summed E-state index contributed by atoms with van der Waals surface area (Å²) in [6.07, 6.45) is 3.75. The normalized spacial score (nSPS) is 17.1. The zero-order valence-electron chi connectivity index (χ0n) is 10.9. The number of rotatable bonds is 3. The van der Waals surface area contributed by atoms with Crippen molar-refractivity contribution in [1.82, 2.24) is 10.3 Å². The zero-order valence-corrected chi connectivity index (χ0v) is 11.8. The molecule has 1 aromatic heterocycles. The molecule has 0 bridgehead atoms. The minimum absolute atomic E-state index is 0.183. The summed E-state index contributed by atoms with van der Waals surface area (Å²) in [7, 11) is 0. The molecule has 0 saturated heterocycles. The number of thiazole rings is 1. The summed E-state index contributed by atoms with van der Waals surface area (Å²) in [5.41, 5.74) is 2.46. The SMILES string of the molecule is O=C(NC1(c2cccc(F)c2)CCCC1)c1cscn1. The van der Waals surface area contributed by atoms with E-state index in [9.17, 15) is 9.18 Å². The van der Waals surface area contributed by atoms with E-state index >= 15 is 0 Å². The first kappa shape index (κ1) is 13.2. The molecule has 1 aliphatic rings. The average molecular weight is 290 g/mol. The third-order valence-corrected chi connectivity index (χ3v) is 4.44. The van der Waals surface area contributed by atoms with E-state index in [0.717, 1.165) is 31.2 Å². The van der Waals surface area contributed by atoms with Gasteiger partial charge < -0.3 is 5.32 Å². The molecule has 0 radical (unpaired) electrons. The van der Waals surface area contributed by atoms with Crippen LogP contribution in [0, 0.1) is 5.82 Å². The Balaban J connectivity index is 1.90. The first-order chi connectivity index (χ1) is 9.70. The van der Waals surface area contributed by atoms with Gasteiger partial charge in [0.25, 0.3) is 5.91 Å². The van der Waals surface area contributed by atoms with Crippen molar-refractivity contribution in [3.05, 3.63) is 52.2 Å². The number of carbonyl (C=O) groups is 1. The van der Waals surface area contributed by atoms with Gasteiger partial charge in [-0.1, -0.05) is 25.0 Å². The highest BCUT2D eigenvalue weighted by atomic mass is 32.1. The Kier molecular flexibility index (Phi) is 3.53. The lowest BCUT2D eigenvalue weighted by atomic mass is 9.88. The molecule has 0 unspecified atom stereocenters. The summed E-state index contributed by atoms with van der Waals surface area (Å²) in [5.74, 6) is -0.450. The Morgan fingerprint density at radius 3 is 2.80 bits per heavy atom. The van der Waals surface area contributed by atoms with Gasteiger partial charge in [-0.25, -0.2) is 9.37 Å². The quantitative estimate of drug-likeness (QED) is 0.940. The minimum Gasteiger partial charge on any atom is -0.341 e. The van der Waals surface area contributed by atoms with Crippen molar-refractivity contribution in [2.24, 2.45) is 0 Å². The van der Waals surface area contributed by atoms with Crippen LogP contribution >= 0.6 is 11.3 Å². The standard InChI is InChI=1S/C15H15FN2OS/c16-12-5-3-4-11(8-12)15(6-1-2-7-15)18-14(19)13-9-20-10-17-13/h3-5,8-10H,1-2,6-7H2,(H,18,19). The predicted molar refractivity (Wildman–Crippen MR) is 76.1 cm³/mol. The third kappa shape index (κ3) is 2.45. The Morgan fingerprint density at radius 2 is 2.15 bits per heavy atom. The van der Waals surface area contributed by atoms with Gasteiger partial charge in [0.15, 0.2) is 0 Å². The molecule has 1 amide bonds. The van der Waals surface area contributed by atoms with Crippen molar-refractivity contribution in [3.8, 4) is 0 Å². The summed E-state index contributed by atoms with van der Waals surface area (Å²) in [6, 6.07) is 6.52. The molecule has 0 aliphatic heterocycles. The molecule has 1 heterocycles. The highest BCUT2D eigenvalue weighted by molar-refractivity contribution is 7.07. The molecule has 1 N–H and O–H groups in total. The summed E-state index contributed by atoms with van der Waals surface area (Å²) in [6.45, 7) is 0. The maximum absolute atomic E-state index is 13.5. The van der Waals surface area contributed by atoms with Crippen LogP contribution in [0.1, 0.15) is 41.7 Å². The van der Waals surface area contributed by atoms with E-state index in [1.54, 1.807) is 17.0 Å². The van der Waals surface area contributed by atoms with Crippen LogP contribution in [0.15, 0.2) is 35.2 Å². The Labute approximate surface area is 120 Å². The van der Waals surface area contributed by atoms with E-state index in [2.05, 4.69) is 10.3 Å². The highest BCUT2D eigenvalue weighted by Gasteiger charge is 2.37. The first-order valence-electron chi connectivity index (χ1n) is 6.66. The van der Waals surface area contributed by atoms with Crippen LogP contribution in [0.2, 0.25) is 0 Å². The van der Waals surface area contributed by atoms with Crippen LogP contribution in [0.25, 0.3) is 0 Å². The minimum atomic E-state index is -0.456. The van der Waals surface area contributed by atoms with Crippen LogP contribution in [-0.4, -0.2) is 10.9 Å². The number of benzene rings is 1. The number of amides is 1. The number of carbonyl (C=O) groups excluding carboxylic acids is 1. The van der Waals surface area contributed by atoms with Gasteiger partial charge >= 0.3 is 0 Å². The third-order valence-electron chi connectivity index (χ3n) is 3.85. The van der Waals surface area contributed by atoms with Gasteiger partial charge in [-0.3, -0.25) is 4.79 Å². The maximum Gasteiger partial charge on any atom is 0.271 e. The highest BCUT2D eigenvalue weighted by Crippen LogP contribution is 2.39. The van der Waals surface area contributed by atoms with E-state index in [1.165, 1.54) is 23.5 Å². The lowest BCUT2D eigenvalue weighted by molar-refractivity contribution is 0.0893. The summed E-state index contributed by atoms with van der Waals surface area (Å²) >= 11 is 1.39. The lowest BCUT2D eigenvalue weighted by Gasteiger charge is -2.30. The summed E-state index contributed by atoms with van der Waals surface area (Å²) in [5, 5.41) is 4.80. The Hall–Kier alpha value is -1.75. The molecule has 1 aliphatic carbocycles. The molecule has 2 aromatic rings. The fourth-order valence-electron chi connectivity index (χ4n) is 2.86. The van der Waals surface area contributed by atoms with Crippen LogP contribution in [0.5, 0.6) is 0 Å². The average Bonchev–Trinajstić information content (AvgIpc) is 3.10. The monoisotopic (exact) mass is 290 g/mol. The van der Waals surface area contributed by atoms with E-state index in [-0.39, 0.29) is 11.7 Å². The van der Waals surface area contributed by atoms with E-state index in [0.29, 0.717) is 5.69 Å². The molecular formula is C15H15FN2OS. The second kappa shape index (κ2) is 5.32. The molecule has 3 rings (SSSR count). The summed E-state index contributed by atoms with van der Waals surface area (Å²) in [4.78, 5) is 16.3. The molecule has 104 valence electrons. The van der Waals surface area contributed by atoms with E-state index in [1.807, 2.05) is 6.07 Å². The van der Waals surface area contributed by atoms with E-state index in [4.69, 9.17) is 0 Å². The van der Waals surface area contributed by atoms with Crippen molar-refractivity contribution in [2.45, 2.75) is 31.2 Å². The molecule has 1 fully saturated rings. The fourth-order valence-corrected chi connectivity index (χ4v) is 3.39. The molecule has 0 atom stereocenters. The number of hydrogen-bond donors (Lipinski definition) is 1. The van der Waals surface area contributed by atoms with Gasteiger partial charge in [0.05, 0.1) is 11.0 Å². The van der Waals surface area contributed by atoms with E-state index < -0.39 is 5.54 Å². The van der Waals surface area contributed by atoms with Crippen molar-refractivity contribution in [3.63, 3.8) is 0 Å². The van der Waals surface area contributed by atoms with Crippen LogP contribution in [-0.2, 0) is 5.54 Å². The Morgan fingerprint density at radius 1 is 1.35 bits per heavy atom. The molecule has 5 heteroatoms. The second-order valence-electron chi connectivity index (χ2n) is 5.13. The topological polar surface area (TPSA) is 42.0 Å². The van der Waals surface area contributed by atoms with Crippen LogP contribution in [0.3, 0.4) is 0 Å². The van der Waals surface area contributed by atoms with Crippen molar-refractivity contribution in [2.75, 3.05) is 0 Å². The van der Waals surface area contributed by atoms with Gasteiger partial charge in [-0.2, -0.15) is 0 Å². The summed E-state index contributed by atoms with van der Waals surface area (Å²) < 4.78 is 13.5. The number of nitrogens with zero attached hydrogens (tertiary/aromatic N) is 1. The van der Waals surface area contributed by atoms with Gasteiger partial charge in [0.1, 0.15) is 11.5 Å². The predicted octanol–water partition coefficient (Wildman–Crippen LogP) is 3.48. The maximum atomic E-state index is 13.5. The van der Waals surface area contributed by atoms with Crippen molar-refractivity contribution in [1.29, 1.82) is 0 Å². The van der Waals surface area contributed by atoms with Crippen LogP contribution < -0.4 is 5.32 Å². The fraction of sp³-hybridized carbons (Fsp3) is 0.333. The Bertz CT molecular complexity index is 606. The van der Waals surface area contributed by atoms with Gasteiger partial charge in [-0.05, 0) is 30.5 Å². The molecule has 0 spiro atoms. The largest absolute Gasteiger partial charge is 0.341 e. The molecule has 3 nitrogen and oxygen atoms in total. The van der Waals surface area contributed by atoms with Gasteiger partial charge in [0, 0.05) is 5.38 Å². The molecule has 20 heavy (non-hydrogen) atoms. The lowest BCUT2D eigenvalue weighted by Crippen LogP contribution is -2.44. The number of nitrogens with one attached hydrogen (secondary N) is 1. The second-order valence-corrected chi connectivity index (χ2v) is 5.85. The van der Waals surface area contributed by atoms with Crippen molar-refractivity contribution < 1.29 is 9.18 Å². The smallest absolute Gasteiger partial charge is 0.271 e. The van der Waals surface area contributed by atoms with Crippen molar-refractivity contribution >= 4 is 17.2 Å². The van der Waals surface area contributed by atoms with Gasteiger partial charge in [0.2, 0.25) is 0 Å². The first-order valence-corrected chi connectivity index (χ1v) is 7.61. The number of aromatic nitrogens is 1. The number of halogens is 1. The molecule has 1 aromatic carbocycles. The molecular weight excluding hydrogens is 275 g/mol. The zero-order chi connectivity index (χ0) is 14.0. The number of hydrogen-bond acceptors (Lipinski definition) is 3. The van der Waals surface area contributed by atoms with Gasteiger partial charge in [-0.15, -0.1) is 11.3 Å².